The zero-order valence-corrected chi connectivity index (χ0v) is 12.9. The minimum atomic E-state index is 0. The summed E-state index contributed by atoms with van der Waals surface area (Å²) in [5.74, 6) is 0. The molecule has 0 spiro atoms. The molecule has 0 bridgehead atoms. The van der Waals surface area contributed by atoms with Crippen LogP contribution in [0.15, 0.2) is 0 Å². The minimum Gasteiger partial charge on any atom is 0 e. The summed E-state index contributed by atoms with van der Waals surface area (Å²) >= 11 is 2.94. The molecule has 0 rings (SSSR count). The monoisotopic (exact) mass is 668 g/mol. The van der Waals surface area contributed by atoms with Crippen molar-refractivity contribution in [1.29, 1.82) is 0 Å². The quantitative estimate of drug-likeness (QED) is 0.266. The summed E-state index contributed by atoms with van der Waals surface area (Å²) in [6, 6.07) is 0. The average molecular weight is 666 g/mol. The van der Waals surface area contributed by atoms with Crippen LogP contribution in [0.1, 0.15) is 0 Å². The van der Waals surface area contributed by atoms with E-state index in [2.05, 4.69) is 15.9 Å². The molecule has 0 aromatic heterocycles. The van der Waals surface area contributed by atoms with E-state index >= 15 is 0 Å². The van der Waals surface area contributed by atoms with Crippen LogP contribution in [0.5, 0.6) is 0 Å². The number of rotatable bonds is 0. The van der Waals surface area contributed by atoms with Gasteiger partial charge in [-0.25, -0.2) is 0 Å². The van der Waals surface area contributed by atoms with Crippen LogP contribution in [0.2, 0.25) is 0 Å². The standard InChI is InChI=1S/Ba.Ca.Cu.Hg.O.Tl.4H. The van der Waals surface area contributed by atoms with Crippen molar-refractivity contribution in [3.8, 4) is 0 Å². The van der Waals surface area contributed by atoms with E-state index in [-0.39, 0.29) is 142 Å². The fourth-order valence-corrected chi connectivity index (χ4v) is 0. The maximum atomic E-state index is 7.81. The van der Waals surface area contributed by atoms with Crippen LogP contribution in [-0.2, 0) is 47.4 Å². The first-order chi connectivity index (χ1) is 1.00. The van der Waals surface area contributed by atoms with Crippen LogP contribution < -0.4 is 0 Å². The van der Waals surface area contributed by atoms with Crippen LogP contribution in [-0.4, -0.2) is 114 Å². The van der Waals surface area contributed by atoms with E-state index in [1.54, 1.807) is 0 Å². The number of hydrogen-bond acceptors (Lipinski definition) is 1. The van der Waals surface area contributed by atoms with Crippen LogP contribution in [0.3, 0.4) is 0 Å². The van der Waals surface area contributed by atoms with Gasteiger partial charge in [-0.05, 0) is 0 Å². The molecule has 0 fully saturated rings. The summed E-state index contributed by atoms with van der Waals surface area (Å²) in [6.45, 7) is 0. The maximum absolute atomic E-state index is 7.81. The van der Waals surface area contributed by atoms with Crippen molar-refractivity contribution in [2.75, 3.05) is 0 Å². The molecule has 0 aliphatic heterocycles. The molecule has 0 heterocycles. The van der Waals surface area contributed by atoms with Gasteiger partial charge in [0, 0.05) is 55.0 Å². The molecule has 0 amide bonds. The van der Waals surface area contributed by atoms with Gasteiger partial charge in [0.1, 0.15) is 0 Å². The molecule has 30 valence electrons. The van der Waals surface area contributed by atoms with Gasteiger partial charge < -0.3 is 0 Å². The van der Waals surface area contributed by atoms with Crippen LogP contribution in [0, 0.1) is 0 Å². The topological polar surface area (TPSA) is 17.1 Å². The molecule has 0 unspecified atom stereocenters. The van der Waals surface area contributed by atoms with Crippen molar-refractivity contribution in [1.82, 2.24) is 0 Å². The van der Waals surface area contributed by atoms with Crippen molar-refractivity contribution in [3.63, 3.8) is 0 Å². The first-order valence-electron chi connectivity index (χ1n) is 0.123. The van der Waals surface area contributed by atoms with Gasteiger partial charge in [-0.1, -0.05) is 0 Å². The third-order valence-corrected chi connectivity index (χ3v) is 0. The predicted octanol–water partition coefficient (Wildman–Crippen LogP) is -2.34. The van der Waals surface area contributed by atoms with Crippen LogP contribution in [0.4, 0.5) is 0 Å². The molecule has 0 aromatic carbocycles. The van der Waals surface area contributed by atoms with Crippen LogP contribution >= 0.6 is 0 Å². The Hall–Kier alpha value is 5.01. The average Bonchev–Trinajstić information content (AvgIpc) is 1.00. The summed E-state index contributed by atoms with van der Waals surface area (Å²) in [4.78, 5) is 0. The molecule has 0 saturated carbocycles. The molecular weight excluding hydrogens is 662 g/mol. The molecule has 0 aliphatic rings. The molecule has 6 heavy (non-hydrogen) atoms. The summed E-state index contributed by atoms with van der Waals surface area (Å²) < 4.78 is 7.81. The van der Waals surface area contributed by atoms with Crippen molar-refractivity contribution in [3.05, 3.63) is 0 Å². The number of hydrogen-bond donors (Lipinski definition) is 0. The summed E-state index contributed by atoms with van der Waals surface area (Å²) in [6.07, 6.45) is 0. The SMILES string of the molecule is [BaH2].[CaH2].[Hg].[O]=[Cu].[Tl]. The van der Waals surface area contributed by atoms with Gasteiger partial charge in [0.25, 0.3) is 0 Å². The van der Waals surface area contributed by atoms with E-state index in [0.717, 1.165) is 0 Å². The Labute approximate surface area is 156 Å². The van der Waals surface area contributed by atoms with Gasteiger partial charge in [0.15, 0.2) is 0 Å². The third kappa shape index (κ3) is 23.0. The van der Waals surface area contributed by atoms with Gasteiger partial charge in [0.05, 0.1) is 0 Å². The van der Waals surface area contributed by atoms with E-state index < -0.39 is 0 Å². The molecule has 0 saturated heterocycles. The van der Waals surface area contributed by atoms with E-state index in [1.807, 2.05) is 0 Å². The van der Waals surface area contributed by atoms with Crippen molar-refractivity contribution >= 4 is 114 Å². The molecule has 6 heteroatoms. The Kier molecular flexibility index (Phi) is 165. The molecule has 1 radical (unpaired) electrons. The van der Waals surface area contributed by atoms with Gasteiger partial charge in [-0.2, -0.15) is 0 Å². The molecular formula is H4BaCaCuHgOTl. The first-order valence-corrected chi connectivity index (χ1v) is 0.508. The Bertz CT molecular complexity index is 15.5. The van der Waals surface area contributed by atoms with Crippen molar-refractivity contribution in [2.24, 2.45) is 0 Å². The molecule has 0 atom stereocenters. The maximum Gasteiger partial charge on any atom is 0 e. The Balaban J connectivity index is -0.000000000833. The molecule has 0 N–H and O–H groups in total. The summed E-state index contributed by atoms with van der Waals surface area (Å²) in [5.41, 5.74) is 0. The second kappa shape index (κ2) is 32.4. The van der Waals surface area contributed by atoms with E-state index in [0.29, 0.717) is 0 Å². The molecule has 0 aromatic rings. The van der Waals surface area contributed by atoms with Gasteiger partial charge in [-0.3, -0.25) is 0 Å². The predicted molar refractivity (Wildman–Crippen MR) is 23.5 cm³/mol. The smallest absolute Gasteiger partial charge is 0 e. The zero-order valence-electron chi connectivity index (χ0n) is 1.99. The van der Waals surface area contributed by atoms with Gasteiger partial charge >= 0.3 is 106 Å². The normalized spacial score (nSPS) is 1.00. The Morgan fingerprint density at radius 1 is 1.17 bits per heavy atom. The fraction of sp³-hybridized carbons (Fsp3) is 0. The van der Waals surface area contributed by atoms with Crippen molar-refractivity contribution in [2.45, 2.75) is 0 Å². The van der Waals surface area contributed by atoms with Crippen molar-refractivity contribution < 1.29 is 47.4 Å². The summed E-state index contributed by atoms with van der Waals surface area (Å²) in [5, 5.41) is 0. The Morgan fingerprint density at radius 3 is 1.17 bits per heavy atom. The zero-order chi connectivity index (χ0) is 2.00. The second-order valence-corrected chi connectivity index (χ2v) is 0. The van der Waals surface area contributed by atoms with Gasteiger partial charge in [0.2, 0.25) is 0 Å². The molecule has 0 aliphatic carbocycles. The largest absolute Gasteiger partial charge is 0 e. The van der Waals surface area contributed by atoms with Gasteiger partial charge in [-0.15, -0.1) is 0 Å². The fourth-order valence-electron chi connectivity index (χ4n) is 0. The second-order valence-electron chi connectivity index (χ2n) is 0. The third-order valence-electron chi connectivity index (χ3n) is 0. The minimum absolute atomic E-state index is 0. The first kappa shape index (κ1) is 30.5. The van der Waals surface area contributed by atoms with Crippen LogP contribution in [0.25, 0.3) is 0 Å². The van der Waals surface area contributed by atoms with E-state index in [9.17, 15) is 0 Å². The Morgan fingerprint density at radius 2 is 1.17 bits per heavy atom. The summed E-state index contributed by atoms with van der Waals surface area (Å²) in [7, 11) is 0. The molecule has 1 nitrogen and oxygen atoms in total. The van der Waals surface area contributed by atoms with E-state index in [1.165, 1.54) is 0 Å². The van der Waals surface area contributed by atoms with E-state index in [4.69, 9.17) is 3.83 Å².